The van der Waals surface area contributed by atoms with Gasteiger partial charge in [0.1, 0.15) is 36.3 Å². The predicted octanol–water partition coefficient (Wildman–Crippen LogP) is 13.9. The molecule has 0 saturated carbocycles. The first-order valence-electron chi connectivity index (χ1n) is 27.8. The summed E-state index contributed by atoms with van der Waals surface area (Å²) in [6, 6.07) is 19.0. The molecule has 12 nitrogen and oxygen atoms in total. The van der Waals surface area contributed by atoms with Crippen LogP contribution in [0.1, 0.15) is 155 Å². The number of aldehydes is 2. The molecule has 78 heavy (non-hydrogen) atoms. The van der Waals surface area contributed by atoms with Crippen LogP contribution in [0, 0.1) is 19.7 Å². The third-order valence-electron chi connectivity index (χ3n) is 12.9. The number of aliphatic hydroxyl groups excluding tert-OH is 1. The van der Waals surface area contributed by atoms with Gasteiger partial charge in [-0.3, -0.25) is 29.3 Å². The Bertz CT molecular complexity index is 2560. The van der Waals surface area contributed by atoms with E-state index in [1.54, 1.807) is 18.2 Å². The number of aliphatic hydroxyl groups is 1. The van der Waals surface area contributed by atoms with Gasteiger partial charge in [0, 0.05) is 59.9 Å². The topological polar surface area (TPSA) is 146 Å². The van der Waals surface area contributed by atoms with Crippen molar-refractivity contribution in [3.8, 4) is 11.5 Å². The molecule has 3 amide bonds. The van der Waals surface area contributed by atoms with E-state index in [2.05, 4.69) is 83.8 Å². The van der Waals surface area contributed by atoms with Gasteiger partial charge in [-0.15, -0.1) is 0 Å². The summed E-state index contributed by atoms with van der Waals surface area (Å²) in [7, 11) is 5.23. The molecule has 2 aliphatic heterocycles. The summed E-state index contributed by atoms with van der Waals surface area (Å²) in [4.78, 5) is 63.1. The Morgan fingerprint density at radius 3 is 2.09 bits per heavy atom. The first kappa shape index (κ1) is 71.8. The lowest BCUT2D eigenvalue weighted by molar-refractivity contribution is -0.141. The number of carbonyl (C=O) groups is 5. The third kappa shape index (κ3) is 22.7. The molecule has 0 bridgehead atoms. The van der Waals surface area contributed by atoms with Crippen molar-refractivity contribution < 1.29 is 42.9 Å². The number of amides is 3. The SMILES string of the molecule is CC.CC.CC/C(C=O)=C(/CCCOc1cccc2cc(F)ccc12)c1ccc(Cl)c(C2=C(C)N(C)CC=C2C)c1C.CCCC.CCCN(C)CC.CO.Cc1cccc(OCC=O)c1CN(C=O)C1CCC(=O)NC1=O. The molecule has 4 aromatic rings. The van der Waals surface area contributed by atoms with Crippen molar-refractivity contribution in [2.75, 3.05) is 54.1 Å². The average Bonchev–Trinajstić information content (AvgIpc) is 3.47. The highest BCUT2D eigenvalue weighted by atomic mass is 35.5. The highest BCUT2D eigenvalue weighted by Crippen LogP contribution is 2.41. The number of likely N-dealkylation sites (N-methyl/N-ethyl adjacent to an activating group) is 1. The van der Waals surface area contributed by atoms with Crippen LogP contribution in [0.4, 0.5) is 4.39 Å². The van der Waals surface area contributed by atoms with Crippen LogP contribution in [0.5, 0.6) is 11.5 Å². The van der Waals surface area contributed by atoms with Gasteiger partial charge in [0.2, 0.25) is 18.2 Å². The lowest BCUT2D eigenvalue weighted by Gasteiger charge is -2.30. The number of allylic oxidation sites excluding steroid dienone is 5. The van der Waals surface area contributed by atoms with E-state index >= 15 is 0 Å². The molecule has 0 aromatic heterocycles. The number of hydrogen-bond donors (Lipinski definition) is 2. The fourth-order valence-corrected chi connectivity index (χ4v) is 8.68. The van der Waals surface area contributed by atoms with Crippen molar-refractivity contribution in [2.45, 2.75) is 154 Å². The number of ether oxygens (including phenoxy) is 2. The van der Waals surface area contributed by atoms with Crippen LogP contribution in [-0.2, 0) is 30.5 Å². The first-order valence-corrected chi connectivity index (χ1v) is 28.1. The number of nitrogens with one attached hydrogen (secondary N) is 1. The molecule has 0 spiro atoms. The van der Waals surface area contributed by atoms with Crippen molar-refractivity contribution in [1.82, 2.24) is 20.0 Å². The number of hydrogen-bond acceptors (Lipinski definition) is 10. The number of aryl methyl sites for hydroxylation is 1. The molecule has 6 rings (SSSR count). The normalized spacial score (nSPS) is 13.7. The molecule has 0 radical (unpaired) electrons. The number of nitrogens with zero attached hydrogens (tertiary/aromatic N) is 3. The lowest BCUT2D eigenvalue weighted by Crippen LogP contribution is -2.51. The largest absolute Gasteiger partial charge is 0.493 e. The van der Waals surface area contributed by atoms with E-state index in [0.29, 0.717) is 49.3 Å². The van der Waals surface area contributed by atoms with Gasteiger partial charge in [-0.1, -0.05) is 123 Å². The van der Waals surface area contributed by atoms with Crippen LogP contribution in [0.25, 0.3) is 21.9 Å². The Hall–Kier alpha value is -6.15. The van der Waals surface area contributed by atoms with Crippen LogP contribution >= 0.6 is 11.6 Å². The van der Waals surface area contributed by atoms with Gasteiger partial charge in [0.05, 0.1) is 13.2 Å². The molecule has 14 heteroatoms. The van der Waals surface area contributed by atoms with Gasteiger partial charge in [0.25, 0.3) is 0 Å². The summed E-state index contributed by atoms with van der Waals surface area (Å²) < 4.78 is 25.1. The summed E-state index contributed by atoms with van der Waals surface area (Å²) in [5, 5.41) is 11.6. The molecular weight excluding hydrogens is 1010 g/mol. The van der Waals surface area contributed by atoms with Gasteiger partial charge in [-0.2, -0.15) is 0 Å². The third-order valence-corrected chi connectivity index (χ3v) is 13.3. The molecule has 432 valence electrons. The number of imide groups is 1. The zero-order chi connectivity index (χ0) is 59.3. The highest BCUT2D eigenvalue weighted by Gasteiger charge is 2.32. The van der Waals surface area contributed by atoms with E-state index in [9.17, 15) is 28.4 Å². The van der Waals surface area contributed by atoms with Crippen molar-refractivity contribution in [2.24, 2.45) is 0 Å². The van der Waals surface area contributed by atoms with E-state index in [0.717, 1.165) is 87.4 Å². The van der Waals surface area contributed by atoms with Crippen LogP contribution in [0.3, 0.4) is 0 Å². The fourth-order valence-electron chi connectivity index (χ4n) is 8.38. The number of benzene rings is 4. The molecule has 1 atom stereocenters. The summed E-state index contributed by atoms with van der Waals surface area (Å²) in [5.41, 5.74) is 10.1. The summed E-state index contributed by atoms with van der Waals surface area (Å²) in [5.74, 6) is 0.159. The van der Waals surface area contributed by atoms with E-state index in [4.69, 9.17) is 26.2 Å². The molecule has 1 saturated heterocycles. The zero-order valence-corrected chi connectivity index (χ0v) is 50.8. The van der Waals surface area contributed by atoms with Gasteiger partial charge < -0.3 is 29.3 Å². The van der Waals surface area contributed by atoms with Gasteiger partial charge in [0.15, 0.2) is 6.29 Å². The summed E-state index contributed by atoms with van der Waals surface area (Å²) in [6.45, 7) is 30.8. The molecule has 0 aliphatic carbocycles. The van der Waals surface area contributed by atoms with Crippen LogP contribution < -0.4 is 14.8 Å². The number of halogens is 2. The average molecular weight is 1100 g/mol. The predicted molar refractivity (Wildman–Crippen MR) is 322 cm³/mol. The molecule has 4 aromatic carbocycles. The molecule has 2 N–H and O–H groups in total. The number of piperidine rings is 1. The van der Waals surface area contributed by atoms with Gasteiger partial charge in [-0.25, -0.2) is 4.39 Å². The minimum Gasteiger partial charge on any atom is -0.493 e. The molecule has 1 unspecified atom stereocenters. The van der Waals surface area contributed by atoms with Gasteiger partial charge >= 0.3 is 0 Å². The summed E-state index contributed by atoms with van der Waals surface area (Å²) >= 11 is 6.81. The molecular formula is C64H94ClFN4O8. The Morgan fingerprint density at radius 2 is 1.53 bits per heavy atom. The molecule has 2 heterocycles. The number of rotatable bonds is 20. The molecule has 2 aliphatic rings. The van der Waals surface area contributed by atoms with Crippen molar-refractivity contribution in [1.29, 1.82) is 0 Å². The quantitative estimate of drug-likeness (QED) is 0.0380. The number of unbranched alkanes of at least 4 members (excludes halogenated alkanes) is 1. The minimum atomic E-state index is -0.691. The molecule has 1 fully saturated rings. The van der Waals surface area contributed by atoms with E-state index in [1.807, 2.05) is 77.9 Å². The number of carbonyl (C=O) groups excluding carboxylic acids is 5. The van der Waals surface area contributed by atoms with Gasteiger partial charge in [-0.05, 0) is 155 Å². The fraction of sp³-hybridized carbons (Fsp3) is 0.484. The first-order chi connectivity index (χ1) is 37.5. The van der Waals surface area contributed by atoms with Crippen LogP contribution in [0.2, 0.25) is 5.02 Å². The summed E-state index contributed by atoms with van der Waals surface area (Å²) in [6.07, 6.45) is 10.9. The Morgan fingerprint density at radius 1 is 0.872 bits per heavy atom. The van der Waals surface area contributed by atoms with E-state index < -0.39 is 11.9 Å². The monoisotopic (exact) mass is 1100 g/mol. The van der Waals surface area contributed by atoms with Crippen LogP contribution in [0.15, 0.2) is 89.6 Å². The Kier molecular flexibility index (Phi) is 37.7. The second-order valence-corrected chi connectivity index (χ2v) is 18.4. The van der Waals surface area contributed by atoms with Crippen molar-refractivity contribution in [3.63, 3.8) is 0 Å². The second-order valence-electron chi connectivity index (χ2n) is 18.0. The standard InChI is InChI=1S/C33H35ClFNO2.C16H18N2O5.C6H15N.C4H10.2C2H6.CH4O/c1-6-24(20-37)28(10-8-18-38-31-11-7-9-25-19-26(35)12-13-29(25)31)27-14-15-30(34)33(22(27)3)32-21(2)16-17-36(5)23(32)4;1-11-3-2-4-14(23-8-7-19)12(11)9-18(10-20)13-5-6-15(21)17-16(13)22;1-4-6-7(3)5-2;1-3-4-2;3*1-2/h7,9,11-16,19-20H,6,8,10,17-18H2,1-5H3;2-4,7,10,13H,5-6,8-9H2,1H3,(H,17,21,22);4-6H2,1-3H3;3-4H2,1-2H3;2*1-2H3;2H,1H3/b28-24+;;;;;;. The maximum Gasteiger partial charge on any atom is 0.249 e. The Balaban J connectivity index is 0.00000125. The Labute approximate surface area is 473 Å². The zero-order valence-electron chi connectivity index (χ0n) is 50.0. The minimum absolute atomic E-state index is 0.0873. The maximum absolute atomic E-state index is 13.6. The van der Waals surface area contributed by atoms with Crippen molar-refractivity contribution in [3.05, 3.63) is 128 Å². The second kappa shape index (κ2) is 41.0. The van der Waals surface area contributed by atoms with Crippen molar-refractivity contribution >= 4 is 64.3 Å². The number of fused-ring (bicyclic) bond motifs is 1. The smallest absolute Gasteiger partial charge is 0.249 e. The van der Waals surface area contributed by atoms with E-state index in [1.165, 1.54) is 60.7 Å². The lowest BCUT2D eigenvalue weighted by atomic mass is 9.85. The maximum atomic E-state index is 13.6. The highest BCUT2D eigenvalue weighted by molar-refractivity contribution is 6.33. The van der Waals surface area contributed by atoms with Crippen LogP contribution in [-0.4, -0.2) is 111 Å². The van der Waals surface area contributed by atoms with E-state index in [-0.39, 0.29) is 31.3 Å².